The van der Waals surface area contributed by atoms with E-state index >= 15 is 0 Å². The maximum Gasteiger partial charge on any atom is 0.445 e. The highest BCUT2D eigenvalue weighted by molar-refractivity contribution is 6.26. The predicted molar refractivity (Wildman–Crippen MR) is 41.4 cm³/mol. The second-order valence-electron chi connectivity index (χ2n) is 3.53. The summed E-state index contributed by atoms with van der Waals surface area (Å²) in [4.78, 5) is 0. The number of rotatable bonds is 0. The molecule has 0 aromatic rings. The third-order valence-electron chi connectivity index (χ3n) is 2.06. The van der Waals surface area contributed by atoms with Crippen LogP contribution in [0.3, 0.4) is 0 Å². The van der Waals surface area contributed by atoms with Crippen molar-refractivity contribution in [3.8, 4) is 0 Å². The molecule has 0 unspecified atom stereocenters. The fourth-order valence-corrected chi connectivity index (χ4v) is 1.37. The van der Waals surface area contributed by atoms with Crippen molar-refractivity contribution in [3.05, 3.63) is 0 Å². The highest BCUT2D eigenvalue weighted by atomic mass is 15.2. The molecule has 0 N–H and O–H groups in total. The van der Waals surface area contributed by atoms with Crippen molar-refractivity contribution in [3.63, 3.8) is 0 Å². The van der Waals surface area contributed by atoms with Gasteiger partial charge in [0.15, 0.2) is 0 Å². The fourth-order valence-electron chi connectivity index (χ4n) is 1.37. The Bertz CT molecular complexity index is 80.9. The Labute approximate surface area is 58.9 Å². The van der Waals surface area contributed by atoms with Crippen molar-refractivity contribution in [1.82, 2.24) is 0 Å². The first-order valence-electron chi connectivity index (χ1n) is 3.88. The Hall–Kier alpha value is 0.0249. The topological polar surface area (TPSA) is 0 Å². The van der Waals surface area contributed by atoms with Gasteiger partial charge < -0.3 is 4.39 Å². The number of hydrogen-bond donors (Lipinski definition) is 0. The molecule has 1 radical (unpaired) electrons. The Balaban J connectivity index is 2.36. The van der Waals surface area contributed by atoms with Gasteiger partial charge in [0.2, 0.25) is 0 Å². The van der Waals surface area contributed by atoms with E-state index in [1.165, 1.54) is 32.1 Å². The van der Waals surface area contributed by atoms with E-state index < -0.39 is 0 Å². The molecule has 0 aromatic carbocycles. The highest BCUT2D eigenvalue weighted by Crippen LogP contribution is 2.11. The molecule has 0 saturated carbocycles. The lowest BCUT2D eigenvalue weighted by atomic mass is 9.83. The van der Waals surface area contributed by atoms with Gasteiger partial charge in [0, 0.05) is 14.1 Å². The van der Waals surface area contributed by atoms with E-state index in [2.05, 4.69) is 21.5 Å². The van der Waals surface area contributed by atoms with Crippen molar-refractivity contribution in [1.29, 1.82) is 0 Å². The zero-order valence-electron chi connectivity index (χ0n) is 6.56. The summed E-state index contributed by atoms with van der Waals surface area (Å²) in [6, 6.07) is 0. The van der Waals surface area contributed by atoms with Crippen LogP contribution in [-0.4, -0.2) is 32.4 Å². The van der Waals surface area contributed by atoms with Crippen LogP contribution in [0.4, 0.5) is 0 Å². The molecule has 2 heteroatoms. The van der Waals surface area contributed by atoms with Crippen LogP contribution in [0, 0.1) is 0 Å². The van der Waals surface area contributed by atoms with Crippen LogP contribution in [0.25, 0.3) is 0 Å². The zero-order valence-corrected chi connectivity index (χ0v) is 6.56. The van der Waals surface area contributed by atoms with Gasteiger partial charge in [0.25, 0.3) is 0 Å². The summed E-state index contributed by atoms with van der Waals surface area (Å²) >= 11 is 0. The van der Waals surface area contributed by atoms with Crippen LogP contribution in [0.15, 0.2) is 0 Å². The third kappa shape index (κ3) is 2.40. The minimum Gasteiger partial charge on any atom is -0.400 e. The van der Waals surface area contributed by atoms with Gasteiger partial charge in [0.1, 0.15) is 0 Å². The van der Waals surface area contributed by atoms with Crippen LogP contribution in [0.1, 0.15) is 19.3 Å². The fraction of sp³-hybridized carbons (Fsp3) is 1.00. The van der Waals surface area contributed by atoms with Gasteiger partial charge in [-0.3, -0.25) is 0 Å². The van der Waals surface area contributed by atoms with Crippen molar-refractivity contribution >= 4 is 7.41 Å². The van der Waals surface area contributed by atoms with Crippen molar-refractivity contribution < 1.29 is 4.39 Å². The molecule has 0 amide bonds. The molecule has 1 heterocycles. The van der Waals surface area contributed by atoms with E-state index in [-0.39, 0.29) is 0 Å². The van der Waals surface area contributed by atoms with Crippen LogP contribution in [-0.2, 0) is 0 Å². The summed E-state index contributed by atoms with van der Waals surface area (Å²) in [5.74, 6) is 0. The second kappa shape index (κ2) is 2.74. The van der Waals surface area contributed by atoms with E-state index in [1.807, 2.05) is 0 Å². The molecule has 1 nitrogen and oxygen atoms in total. The van der Waals surface area contributed by atoms with E-state index in [0.29, 0.717) is 0 Å². The molecule has 1 aliphatic heterocycles. The standard InChI is InChI=1S/C7H16BN/c1-9(2)7-5-3-4-6-8-9/h3-7H2,1-2H3/q+1. The minimum atomic E-state index is 1.12. The molecule has 0 aromatic heterocycles. The normalized spacial score (nSPS) is 26.4. The first-order chi connectivity index (χ1) is 4.21. The van der Waals surface area contributed by atoms with Crippen molar-refractivity contribution in [2.75, 3.05) is 20.6 Å². The molecular weight excluding hydrogens is 109 g/mol. The summed E-state index contributed by atoms with van der Waals surface area (Å²) in [5, 5.41) is 0. The molecule has 51 valence electrons. The lowest BCUT2D eigenvalue weighted by Gasteiger charge is -2.27. The van der Waals surface area contributed by atoms with Gasteiger partial charge in [-0.25, -0.2) is 0 Å². The Morgan fingerprint density at radius 3 is 2.67 bits per heavy atom. The van der Waals surface area contributed by atoms with Crippen LogP contribution >= 0.6 is 0 Å². The van der Waals surface area contributed by atoms with Gasteiger partial charge in [-0.05, 0) is 19.2 Å². The summed E-state index contributed by atoms with van der Waals surface area (Å²) < 4.78 is 1.12. The Morgan fingerprint density at radius 2 is 1.89 bits per heavy atom. The monoisotopic (exact) mass is 125 g/mol. The average molecular weight is 125 g/mol. The van der Waals surface area contributed by atoms with Crippen molar-refractivity contribution in [2.24, 2.45) is 0 Å². The smallest absolute Gasteiger partial charge is 0.400 e. The molecule has 0 atom stereocenters. The molecule has 1 rings (SSSR count). The lowest BCUT2D eigenvalue weighted by Crippen LogP contribution is -2.42. The molecule has 1 saturated heterocycles. The predicted octanol–water partition coefficient (Wildman–Crippen LogP) is 1.28. The maximum atomic E-state index is 2.42. The van der Waals surface area contributed by atoms with E-state index in [4.69, 9.17) is 0 Å². The Morgan fingerprint density at radius 1 is 1.11 bits per heavy atom. The van der Waals surface area contributed by atoms with Crippen LogP contribution < -0.4 is 0 Å². The molecule has 9 heavy (non-hydrogen) atoms. The molecule has 1 aliphatic rings. The first-order valence-corrected chi connectivity index (χ1v) is 3.88. The van der Waals surface area contributed by atoms with Gasteiger partial charge in [-0.2, -0.15) is 0 Å². The second-order valence-corrected chi connectivity index (χ2v) is 3.53. The highest BCUT2D eigenvalue weighted by Gasteiger charge is 2.20. The quantitative estimate of drug-likeness (QED) is 0.428. The maximum absolute atomic E-state index is 2.42. The van der Waals surface area contributed by atoms with E-state index in [9.17, 15) is 0 Å². The summed E-state index contributed by atoms with van der Waals surface area (Å²) in [7, 11) is 6.99. The number of hydrogen-bond acceptors (Lipinski definition) is 0. The van der Waals surface area contributed by atoms with Gasteiger partial charge >= 0.3 is 7.41 Å². The third-order valence-corrected chi connectivity index (χ3v) is 2.06. The summed E-state index contributed by atoms with van der Waals surface area (Å²) in [5.41, 5.74) is 0. The van der Waals surface area contributed by atoms with Gasteiger partial charge in [-0.1, -0.05) is 6.42 Å². The van der Waals surface area contributed by atoms with Gasteiger partial charge in [0.05, 0.1) is 6.54 Å². The molecule has 1 fully saturated rings. The number of quaternary nitrogens is 1. The van der Waals surface area contributed by atoms with E-state index in [1.54, 1.807) is 0 Å². The molecule has 0 bridgehead atoms. The van der Waals surface area contributed by atoms with Crippen LogP contribution in [0.5, 0.6) is 0 Å². The van der Waals surface area contributed by atoms with E-state index in [0.717, 1.165) is 4.39 Å². The average Bonchev–Trinajstić information content (AvgIpc) is 1.92. The first kappa shape index (κ1) is 7.14. The van der Waals surface area contributed by atoms with Gasteiger partial charge in [-0.15, -0.1) is 0 Å². The SMILES string of the molecule is C[N+]1(C)[B]CCCCC1. The molecule has 0 spiro atoms. The summed E-state index contributed by atoms with van der Waals surface area (Å²) in [6.07, 6.45) is 5.55. The minimum absolute atomic E-state index is 1.12. The van der Waals surface area contributed by atoms with Crippen molar-refractivity contribution in [2.45, 2.75) is 25.6 Å². The van der Waals surface area contributed by atoms with Crippen LogP contribution in [0.2, 0.25) is 6.32 Å². The Kier molecular flexibility index (Phi) is 2.17. The summed E-state index contributed by atoms with van der Waals surface area (Å²) in [6.45, 7) is 1.33. The lowest BCUT2D eigenvalue weighted by molar-refractivity contribution is -0.778. The zero-order chi connectivity index (χ0) is 6.74. The molecule has 0 aliphatic carbocycles. The number of nitrogens with zero attached hydrogens (tertiary/aromatic N) is 1. The molecular formula is C7H16BN+. The largest absolute Gasteiger partial charge is 0.445 e.